The van der Waals surface area contributed by atoms with E-state index < -0.39 is 5.97 Å². The molecule has 0 aromatic heterocycles. The molecule has 0 heterocycles. The average Bonchev–Trinajstić information content (AvgIpc) is 2.29. The predicted octanol–water partition coefficient (Wildman–Crippen LogP) is 1.65. The van der Waals surface area contributed by atoms with E-state index in [0.29, 0.717) is 6.04 Å². The average molecular weight is 229 g/mol. The second-order valence-corrected chi connectivity index (χ2v) is 4.45. The maximum Gasteiger partial charge on any atom is 0.306 e. The van der Waals surface area contributed by atoms with E-state index in [9.17, 15) is 4.79 Å². The molecule has 0 aliphatic heterocycles. The van der Waals surface area contributed by atoms with Crippen LogP contribution in [0.3, 0.4) is 0 Å². The Balaban J connectivity index is 2.02. The highest BCUT2D eigenvalue weighted by Crippen LogP contribution is 2.24. The summed E-state index contributed by atoms with van der Waals surface area (Å²) in [5.74, 6) is -0.751. The molecule has 4 heteroatoms. The maximum absolute atomic E-state index is 10.8. The Morgan fingerprint density at radius 3 is 2.56 bits per heavy atom. The second kappa shape index (κ2) is 7.63. The van der Waals surface area contributed by atoms with Crippen LogP contribution in [0, 0.1) is 5.92 Å². The van der Waals surface area contributed by atoms with Crippen LogP contribution in [0.25, 0.3) is 0 Å². The first-order valence-corrected chi connectivity index (χ1v) is 6.28. The molecule has 0 atom stereocenters. The summed E-state index contributed by atoms with van der Waals surface area (Å²) >= 11 is 0. The standard InChI is InChI=1S/C12H23NO3/c1-2-8-16-9-7-13-11-5-3-10(4-6-11)12(14)15/h10-11,13H,2-9H2,1H3,(H,14,15). The van der Waals surface area contributed by atoms with E-state index in [2.05, 4.69) is 12.2 Å². The zero-order chi connectivity index (χ0) is 11.8. The van der Waals surface area contributed by atoms with Gasteiger partial charge in [-0.1, -0.05) is 6.92 Å². The Morgan fingerprint density at radius 2 is 2.00 bits per heavy atom. The minimum absolute atomic E-state index is 0.116. The number of hydrogen-bond acceptors (Lipinski definition) is 3. The lowest BCUT2D eigenvalue weighted by atomic mass is 9.86. The molecule has 1 fully saturated rings. The Hall–Kier alpha value is -0.610. The van der Waals surface area contributed by atoms with Gasteiger partial charge in [-0.25, -0.2) is 0 Å². The van der Waals surface area contributed by atoms with Crippen LogP contribution in [-0.4, -0.2) is 36.9 Å². The van der Waals surface area contributed by atoms with E-state index >= 15 is 0 Å². The molecular weight excluding hydrogens is 206 g/mol. The highest BCUT2D eigenvalue weighted by atomic mass is 16.5. The van der Waals surface area contributed by atoms with Gasteiger partial charge in [0, 0.05) is 19.2 Å². The Labute approximate surface area is 97.4 Å². The summed E-state index contributed by atoms with van der Waals surface area (Å²) in [4.78, 5) is 10.8. The van der Waals surface area contributed by atoms with Gasteiger partial charge in [-0.15, -0.1) is 0 Å². The molecule has 1 saturated carbocycles. The van der Waals surface area contributed by atoms with Gasteiger partial charge in [0.2, 0.25) is 0 Å². The van der Waals surface area contributed by atoms with Gasteiger partial charge in [-0.05, 0) is 32.1 Å². The first-order valence-electron chi connectivity index (χ1n) is 6.28. The largest absolute Gasteiger partial charge is 0.481 e. The fourth-order valence-corrected chi connectivity index (χ4v) is 2.13. The zero-order valence-electron chi connectivity index (χ0n) is 10.1. The Morgan fingerprint density at radius 1 is 1.31 bits per heavy atom. The number of ether oxygens (including phenoxy) is 1. The summed E-state index contributed by atoms with van der Waals surface area (Å²) in [6.07, 6.45) is 4.63. The number of carboxylic acid groups (broad SMARTS) is 1. The molecule has 0 saturated heterocycles. The van der Waals surface area contributed by atoms with Crippen molar-refractivity contribution in [2.24, 2.45) is 5.92 Å². The van der Waals surface area contributed by atoms with E-state index in [0.717, 1.165) is 51.9 Å². The van der Waals surface area contributed by atoms with E-state index in [1.165, 1.54) is 0 Å². The van der Waals surface area contributed by atoms with Gasteiger partial charge in [-0.3, -0.25) is 4.79 Å². The number of rotatable bonds is 7. The highest BCUT2D eigenvalue weighted by Gasteiger charge is 2.25. The van der Waals surface area contributed by atoms with Crippen LogP contribution in [0.15, 0.2) is 0 Å². The van der Waals surface area contributed by atoms with Crippen LogP contribution in [0.2, 0.25) is 0 Å². The van der Waals surface area contributed by atoms with Crippen molar-refractivity contribution in [2.45, 2.75) is 45.1 Å². The summed E-state index contributed by atoms with van der Waals surface area (Å²) in [6, 6.07) is 0.487. The normalized spacial score (nSPS) is 25.6. The van der Waals surface area contributed by atoms with Crippen molar-refractivity contribution in [1.82, 2.24) is 5.32 Å². The fraction of sp³-hybridized carbons (Fsp3) is 0.917. The van der Waals surface area contributed by atoms with Gasteiger partial charge in [-0.2, -0.15) is 0 Å². The lowest BCUT2D eigenvalue weighted by Crippen LogP contribution is -2.36. The quantitative estimate of drug-likeness (QED) is 0.652. The molecule has 2 N–H and O–H groups in total. The molecule has 1 aliphatic rings. The molecule has 0 amide bonds. The first kappa shape index (κ1) is 13.5. The minimum atomic E-state index is -0.635. The first-order chi connectivity index (χ1) is 7.74. The third-order valence-electron chi connectivity index (χ3n) is 3.10. The van der Waals surface area contributed by atoms with E-state index in [1.54, 1.807) is 0 Å². The number of aliphatic carboxylic acids is 1. The van der Waals surface area contributed by atoms with Crippen molar-refractivity contribution < 1.29 is 14.6 Å². The topological polar surface area (TPSA) is 58.6 Å². The van der Waals surface area contributed by atoms with E-state index in [1.807, 2.05) is 0 Å². The van der Waals surface area contributed by atoms with Crippen molar-refractivity contribution in [1.29, 1.82) is 0 Å². The molecule has 1 aliphatic carbocycles. The molecule has 0 aromatic carbocycles. The molecule has 94 valence electrons. The van der Waals surface area contributed by atoms with Crippen LogP contribution in [0.4, 0.5) is 0 Å². The number of carboxylic acids is 1. The van der Waals surface area contributed by atoms with Gasteiger partial charge >= 0.3 is 5.97 Å². The van der Waals surface area contributed by atoms with E-state index in [-0.39, 0.29) is 5.92 Å². The molecule has 0 aromatic rings. The number of nitrogens with one attached hydrogen (secondary N) is 1. The van der Waals surface area contributed by atoms with Crippen LogP contribution in [0.1, 0.15) is 39.0 Å². The van der Waals surface area contributed by atoms with Crippen molar-refractivity contribution >= 4 is 5.97 Å². The molecular formula is C12H23NO3. The molecule has 0 bridgehead atoms. The third-order valence-corrected chi connectivity index (χ3v) is 3.10. The van der Waals surface area contributed by atoms with Crippen molar-refractivity contribution in [3.63, 3.8) is 0 Å². The van der Waals surface area contributed by atoms with Gasteiger partial charge in [0.15, 0.2) is 0 Å². The summed E-state index contributed by atoms with van der Waals surface area (Å²) < 4.78 is 5.38. The second-order valence-electron chi connectivity index (χ2n) is 4.45. The van der Waals surface area contributed by atoms with Crippen LogP contribution >= 0.6 is 0 Å². The number of carbonyl (C=O) groups is 1. The number of hydrogen-bond donors (Lipinski definition) is 2. The van der Waals surface area contributed by atoms with Gasteiger partial charge < -0.3 is 15.2 Å². The summed E-state index contributed by atoms with van der Waals surface area (Å²) in [6.45, 7) is 4.56. The Kier molecular flexibility index (Phi) is 6.42. The van der Waals surface area contributed by atoms with Crippen LogP contribution in [0.5, 0.6) is 0 Å². The van der Waals surface area contributed by atoms with Gasteiger partial charge in [0.05, 0.1) is 12.5 Å². The maximum atomic E-state index is 10.8. The highest BCUT2D eigenvalue weighted by molar-refractivity contribution is 5.70. The van der Waals surface area contributed by atoms with Crippen molar-refractivity contribution in [3.8, 4) is 0 Å². The zero-order valence-corrected chi connectivity index (χ0v) is 10.1. The van der Waals surface area contributed by atoms with Crippen LogP contribution in [-0.2, 0) is 9.53 Å². The third kappa shape index (κ3) is 4.94. The van der Waals surface area contributed by atoms with Gasteiger partial charge in [0.25, 0.3) is 0 Å². The Bertz CT molecular complexity index is 200. The van der Waals surface area contributed by atoms with Crippen molar-refractivity contribution in [2.75, 3.05) is 19.8 Å². The summed E-state index contributed by atoms with van der Waals surface area (Å²) in [5, 5.41) is 12.3. The summed E-state index contributed by atoms with van der Waals surface area (Å²) in [5.41, 5.74) is 0. The monoisotopic (exact) mass is 229 g/mol. The van der Waals surface area contributed by atoms with Crippen molar-refractivity contribution in [3.05, 3.63) is 0 Å². The lowest BCUT2D eigenvalue weighted by molar-refractivity contribution is -0.142. The van der Waals surface area contributed by atoms with E-state index in [4.69, 9.17) is 9.84 Å². The molecule has 0 spiro atoms. The molecule has 0 unspecified atom stereocenters. The predicted molar refractivity (Wildman–Crippen MR) is 62.5 cm³/mol. The minimum Gasteiger partial charge on any atom is -0.481 e. The SMILES string of the molecule is CCCOCCNC1CCC(C(=O)O)CC1. The molecule has 16 heavy (non-hydrogen) atoms. The van der Waals surface area contributed by atoms with Crippen LogP contribution < -0.4 is 5.32 Å². The smallest absolute Gasteiger partial charge is 0.306 e. The summed E-state index contributed by atoms with van der Waals surface area (Å²) in [7, 11) is 0. The van der Waals surface area contributed by atoms with Gasteiger partial charge in [0.1, 0.15) is 0 Å². The molecule has 0 radical (unpaired) electrons. The fourth-order valence-electron chi connectivity index (χ4n) is 2.13. The molecule has 1 rings (SSSR count). The molecule has 4 nitrogen and oxygen atoms in total. The lowest BCUT2D eigenvalue weighted by Gasteiger charge is -2.26.